The molecule has 0 saturated heterocycles. The molecule has 3 rings (SSSR count). The number of nitrogens with zero attached hydrogens (tertiary/aromatic N) is 3. The van der Waals surface area contributed by atoms with E-state index in [1.807, 2.05) is 30.3 Å². The second-order valence-electron chi connectivity index (χ2n) is 4.33. The first-order chi connectivity index (χ1) is 10.3. The molecule has 0 aliphatic rings. The number of aromatic nitrogens is 3. The maximum Gasteiger partial charge on any atom is 0.240 e. The lowest BCUT2D eigenvalue weighted by atomic mass is 10.2. The van der Waals surface area contributed by atoms with Crippen molar-refractivity contribution >= 4 is 26.8 Å². The fraction of sp³-hybridized carbons (Fsp3) is 0.133. The summed E-state index contributed by atoms with van der Waals surface area (Å²) < 4.78 is 6.00. The van der Waals surface area contributed by atoms with Crippen molar-refractivity contribution in [2.45, 2.75) is 6.54 Å². The lowest BCUT2D eigenvalue weighted by Gasteiger charge is -2.02. The van der Waals surface area contributed by atoms with Crippen molar-refractivity contribution in [1.29, 1.82) is 0 Å². The molecule has 2 heterocycles. The van der Waals surface area contributed by atoms with E-state index in [9.17, 15) is 0 Å². The van der Waals surface area contributed by atoms with Gasteiger partial charge in [-0.2, -0.15) is 4.98 Å². The van der Waals surface area contributed by atoms with Gasteiger partial charge in [0.1, 0.15) is 5.69 Å². The highest BCUT2D eigenvalue weighted by atomic mass is 79.9. The van der Waals surface area contributed by atoms with Crippen LogP contribution >= 0.6 is 15.9 Å². The minimum absolute atomic E-state index is 0.433. The molecule has 1 aromatic carbocycles. The van der Waals surface area contributed by atoms with E-state index in [2.05, 4.69) is 42.3 Å². The molecule has 0 aliphatic heterocycles. The van der Waals surface area contributed by atoms with E-state index in [1.54, 1.807) is 0 Å². The summed E-state index contributed by atoms with van der Waals surface area (Å²) in [6, 6.07) is 9.85. The fourth-order valence-corrected chi connectivity index (χ4v) is 2.42. The SMILES string of the molecule is C#CCNCc1nc(-c2nc3ccccc3cc2Br)no1. The van der Waals surface area contributed by atoms with Crippen molar-refractivity contribution in [3.05, 3.63) is 40.7 Å². The molecule has 0 spiro atoms. The van der Waals surface area contributed by atoms with Crippen LogP contribution in [0.25, 0.3) is 22.4 Å². The summed E-state index contributed by atoms with van der Waals surface area (Å²) in [5, 5.41) is 8.01. The molecule has 0 amide bonds. The first-order valence-corrected chi connectivity index (χ1v) is 7.09. The lowest BCUT2D eigenvalue weighted by Crippen LogP contribution is -2.13. The molecule has 104 valence electrons. The quantitative estimate of drug-likeness (QED) is 0.583. The van der Waals surface area contributed by atoms with Gasteiger partial charge in [-0.25, -0.2) is 4.98 Å². The van der Waals surface area contributed by atoms with Gasteiger partial charge in [-0.3, -0.25) is 5.32 Å². The Morgan fingerprint density at radius 2 is 2.14 bits per heavy atom. The Bertz CT molecular complexity index is 822. The minimum Gasteiger partial charge on any atom is -0.337 e. The second kappa shape index (κ2) is 6.04. The number of fused-ring (bicyclic) bond motifs is 1. The van der Waals surface area contributed by atoms with Crippen molar-refractivity contribution in [3.8, 4) is 23.9 Å². The van der Waals surface area contributed by atoms with Gasteiger partial charge in [-0.1, -0.05) is 29.3 Å². The maximum atomic E-state index is 5.18. The van der Waals surface area contributed by atoms with E-state index in [-0.39, 0.29) is 0 Å². The van der Waals surface area contributed by atoms with Crippen LogP contribution in [0.2, 0.25) is 0 Å². The van der Waals surface area contributed by atoms with E-state index in [4.69, 9.17) is 10.9 Å². The van der Waals surface area contributed by atoms with Gasteiger partial charge in [-0.05, 0) is 28.1 Å². The molecule has 2 aromatic heterocycles. The Kier molecular flexibility index (Phi) is 3.95. The molecule has 0 bridgehead atoms. The highest BCUT2D eigenvalue weighted by Gasteiger charge is 2.14. The highest BCUT2D eigenvalue weighted by Crippen LogP contribution is 2.27. The monoisotopic (exact) mass is 342 g/mol. The summed E-state index contributed by atoms with van der Waals surface area (Å²) in [6.07, 6.45) is 5.17. The zero-order valence-electron chi connectivity index (χ0n) is 11.0. The summed E-state index contributed by atoms with van der Waals surface area (Å²) in [5.74, 6) is 3.41. The number of benzene rings is 1. The molecule has 0 saturated carbocycles. The lowest BCUT2D eigenvalue weighted by molar-refractivity contribution is 0.370. The normalized spacial score (nSPS) is 10.7. The minimum atomic E-state index is 0.433. The van der Waals surface area contributed by atoms with E-state index in [0.717, 1.165) is 15.4 Å². The fourth-order valence-electron chi connectivity index (χ4n) is 1.91. The van der Waals surface area contributed by atoms with Gasteiger partial charge in [0.2, 0.25) is 11.7 Å². The zero-order valence-corrected chi connectivity index (χ0v) is 12.6. The molecule has 5 nitrogen and oxygen atoms in total. The van der Waals surface area contributed by atoms with Crippen LogP contribution in [0.1, 0.15) is 5.89 Å². The van der Waals surface area contributed by atoms with Crippen LogP contribution in [0.3, 0.4) is 0 Å². The Labute approximate surface area is 129 Å². The molecule has 6 heteroatoms. The molecule has 21 heavy (non-hydrogen) atoms. The molecule has 0 atom stereocenters. The first-order valence-electron chi connectivity index (χ1n) is 6.30. The summed E-state index contributed by atoms with van der Waals surface area (Å²) in [7, 11) is 0. The number of pyridine rings is 1. The largest absolute Gasteiger partial charge is 0.337 e. The highest BCUT2D eigenvalue weighted by molar-refractivity contribution is 9.10. The average molecular weight is 343 g/mol. The third-order valence-electron chi connectivity index (χ3n) is 2.86. The molecule has 0 aliphatic carbocycles. The smallest absolute Gasteiger partial charge is 0.240 e. The number of hydrogen-bond donors (Lipinski definition) is 1. The standard InChI is InChI=1S/C15H11BrN4O/c1-2-7-17-9-13-19-15(20-21-13)14-11(16)8-10-5-3-4-6-12(10)18-14/h1,3-6,8,17H,7,9H2. The second-order valence-corrected chi connectivity index (χ2v) is 5.19. The molecular weight excluding hydrogens is 332 g/mol. The van der Waals surface area contributed by atoms with E-state index < -0.39 is 0 Å². The zero-order chi connectivity index (χ0) is 14.7. The predicted octanol–water partition coefficient (Wildman–Crippen LogP) is 2.77. The van der Waals surface area contributed by atoms with Crippen LogP contribution in [-0.4, -0.2) is 21.7 Å². The van der Waals surface area contributed by atoms with Crippen molar-refractivity contribution in [1.82, 2.24) is 20.4 Å². The number of halogens is 1. The van der Waals surface area contributed by atoms with Crippen LogP contribution < -0.4 is 5.32 Å². The van der Waals surface area contributed by atoms with Gasteiger partial charge in [0.15, 0.2) is 0 Å². The van der Waals surface area contributed by atoms with Gasteiger partial charge in [0.05, 0.1) is 18.6 Å². The summed E-state index contributed by atoms with van der Waals surface area (Å²) in [5.41, 5.74) is 1.54. The Morgan fingerprint density at radius 3 is 3.00 bits per heavy atom. The van der Waals surface area contributed by atoms with Gasteiger partial charge < -0.3 is 4.52 Å². The maximum absolute atomic E-state index is 5.18. The van der Waals surface area contributed by atoms with Crippen molar-refractivity contribution in [3.63, 3.8) is 0 Å². The van der Waals surface area contributed by atoms with Crippen molar-refractivity contribution in [2.75, 3.05) is 6.54 Å². The first kappa shape index (κ1) is 13.7. The van der Waals surface area contributed by atoms with Crippen molar-refractivity contribution < 1.29 is 4.52 Å². The van der Waals surface area contributed by atoms with Gasteiger partial charge in [-0.15, -0.1) is 6.42 Å². The molecule has 1 N–H and O–H groups in total. The number of para-hydroxylation sites is 1. The molecule has 0 radical (unpaired) electrons. The molecule has 0 fully saturated rings. The molecule has 0 unspecified atom stereocenters. The van der Waals surface area contributed by atoms with E-state index in [1.165, 1.54) is 0 Å². The summed E-state index contributed by atoms with van der Waals surface area (Å²) in [6.45, 7) is 0.887. The topological polar surface area (TPSA) is 63.8 Å². The summed E-state index contributed by atoms with van der Waals surface area (Å²) >= 11 is 3.50. The molecule has 3 aromatic rings. The van der Waals surface area contributed by atoms with Crippen LogP contribution in [-0.2, 0) is 6.54 Å². The Morgan fingerprint density at radius 1 is 1.29 bits per heavy atom. The van der Waals surface area contributed by atoms with Gasteiger partial charge in [0.25, 0.3) is 0 Å². The summed E-state index contributed by atoms with van der Waals surface area (Å²) in [4.78, 5) is 8.89. The average Bonchev–Trinajstić information content (AvgIpc) is 2.95. The van der Waals surface area contributed by atoms with Crippen LogP contribution in [0.5, 0.6) is 0 Å². The van der Waals surface area contributed by atoms with E-state index >= 15 is 0 Å². The van der Waals surface area contributed by atoms with Crippen LogP contribution in [0.4, 0.5) is 0 Å². The number of rotatable bonds is 4. The Balaban J connectivity index is 1.93. The predicted molar refractivity (Wildman–Crippen MR) is 83.3 cm³/mol. The number of terminal acetylenes is 1. The van der Waals surface area contributed by atoms with E-state index in [0.29, 0.717) is 30.5 Å². The third-order valence-corrected chi connectivity index (χ3v) is 3.47. The Hall–Kier alpha value is -2.23. The molecular formula is C15H11BrN4O. The third kappa shape index (κ3) is 2.94. The van der Waals surface area contributed by atoms with Gasteiger partial charge in [0, 0.05) is 9.86 Å². The van der Waals surface area contributed by atoms with Crippen LogP contribution in [0, 0.1) is 12.3 Å². The van der Waals surface area contributed by atoms with Gasteiger partial charge >= 0.3 is 0 Å². The van der Waals surface area contributed by atoms with Crippen molar-refractivity contribution in [2.24, 2.45) is 0 Å². The van der Waals surface area contributed by atoms with Crippen LogP contribution in [0.15, 0.2) is 39.3 Å². The number of hydrogen-bond acceptors (Lipinski definition) is 5. The number of nitrogens with one attached hydrogen (secondary N) is 1.